The van der Waals surface area contributed by atoms with Crippen molar-refractivity contribution in [3.63, 3.8) is 0 Å². The van der Waals surface area contributed by atoms with Crippen molar-refractivity contribution >= 4 is 29.1 Å². The van der Waals surface area contributed by atoms with E-state index in [0.717, 1.165) is 0 Å². The number of alkyl halides is 3. The third-order valence-electron chi connectivity index (χ3n) is 4.38. The standard InChI is InChI=1S/C22H17ClF3N3O3/c23-18-7-2-1-4-15(18)11-29-12-16(8-9-19(29)30)21(32)28-17-6-3-5-14(10-17)20(31)27-13-22(24,25)26/h1-10,12H,11,13H2,(H,27,31)(H,28,32). The maximum absolute atomic E-state index is 12.6. The van der Waals surface area contributed by atoms with Gasteiger partial charge in [0.05, 0.1) is 12.1 Å². The monoisotopic (exact) mass is 463 g/mol. The Morgan fingerprint density at radius 2 is 1.69 bits per heavy atom. The van der Waals surface area contributed by atoms with Crippen LogP contribution in [-0.2, 0) is 6.54 Å². The maximum atomic E-state index is 12.6. The van der Waals surface area contributed by atoms with Gasteiger partial charge in [0.1, 0.15) is 6.54 Å². The number of benzene rings is 2. The van der Waals surface area contributed by atoms with Crippen molar-refractivity contribution in [2.24, 2.45) is 0 Å². The van der Waals surface area contributed by atoms with Gasteiger partial charge in [-0.2, -0.15) is 13.2 Å². The lowest BCUT2D eigenvalue weighted by molar-refractivity contribution is -0.123. The summed E-state index contributed by atoms with van der Waals surface area (Å²) in [4.78, 5) is 36.7. The second kappa shape index (κ2) is 9.69. The summed E-state index contributed by atoms with van der Waals surface area (Å²) >= 11 is 6.13. The number of nitrogens with zero attached hydrogens (tertiary/aromatic N) is 1. The highest BCUT2D eigenvalue weighted by Crippen LogP contribution is 2.17. The fraction of sp³-hybridized carbons (Fsp3) is 0.136. The first-order valence-electron chi connectivity index (χ1n) is 9.33. The molecular formula is C22H17ClF3N3O3. The van der Waals surface area contributed by atoms with Crippen LogP contribution in [0, 0.1) is 0 Å². The lowest BCUT2D eigenvalue weighted by Crippen LogP contribution is -2.33. The van der Waals surface area contributed by atoms with Crippen LogP contribution in [0.3, 0.4) is 0 Å². The van der Waals surface area contributed by atoms with Gasteiger partial charge in [0.25, 0.3) is 17.4 Å². The summed E-state index contributed by atoms with van der Waals surface area (Å²) < 4.78 is 38.2. The first-order valence-corrected chi connectivity index (χ1v) is 9.70. The SMILES string of the molecule is O=C(NCC(F)(F)F)c1cccc(NC(=O)c2ccc(=O)n(Cc3ccccc3Cl)c2)c1. The van der Waals surface area contributed by atoms with Crippen LogP contribution < -0.4 is 16.2 Å². The summed E-state index contributed by atoms with van der Waals surface area (Å²) in [6.45, 7) is -1.30. The van der Waals surface area contributed by atoms with Crippen molar-refractivity contribution in [1.82, 2.24) is 9.88 Å². The zero-order chi connectivity index (χ0) is 23.3. The molecule has 0 spiro atoms. The van der Waals surface area contributed by atoms with E-state index in [0.29, 0.717) is 10.6 Å². The molecule has 0 saturated carbocycles. The van der Waals surface area contributed by atoms with Crippen molar-refractivity contribution in [2.75, 3.05) is 11.9 Å². The van der Waals surface area contributed by atoms with Crippen LogP contribution in [0.15, 0.2) is 71.7 Å². The number of rotatable bonds is 6. The van der Waals surface area contributed by atoms with Crippen molar-refractivity contribution in [3.05, 3.63) is 98.9 Å². The quantitative estimate of drug-likeness (QED) is 0.577. The molecule has 1 heterocycles. The van der Waals surface area contributed by atoms with Gasteiger partial charge in [0.2, 0.25) is 0 Å². The summed E-state index contributed by atoms with van der Waals surface area (Å²) in [5, 5.41) is 4.81. The molecule has 1 aromatic heterocycles. The van der Waals surface area contributed by atoms with Crippen molar-refractivity contribution in [3.8, 4) is 0 Å². The van der Waals surface area contributed by atoms with Crippen LogP contribution >= 0.6 is 11.6 Å². The Bertz CT molecular complexity index is 1210. The van der Waals surface area contributed by atoms with Crippen LogP contribution in [0.4, 0.5) is 18.9 Å². The number of aromatic nitrogens is 1. The third-order valence-corrected chi connectivity index (χ3v) is 4.74. The number of nitrogens with one attached hydrogen (secondary N) is 2. The van der Waals surface area contributed by atoms with Crippen LogP contribution in [0.1, 0.15) is 26.3 Å². The Morgan fingerprint density at radius 3 is 2.41 bits per heavy atom. The molecule has 0 aliphatic rings. The average molecular weight is 464 g/mol. The minimum Gasteiger partial charge on any atom is -0.343 e. The highest BCUT2D eigenvalue weighted by Gasteiger charge is 2.27. The Labute approximate surface area is 185 Å². The topological polar surface area (TPSA) is 80.2 Å². The third kappa shape index (κ3) is 6.21. The molecule has 3 aromatic rings. The molecule has 0 aliphatic carbocycles. The minimum absolute atomic E-state index is 0.0456. The van der Waals surface area contributed by atoms with E-state index < -0.39 is 24.5 Å². The van der Waals surface area contributed by atoms with Gasteiger partial charge in [-0.15, -0.1) is 0 Å². The van der Waals surface area contributed by atoms with E-state index in [-0.39, 0.29) is 28.9 Å². The van der Waals surface area contributed by atoms with E-state index >= 15 is 0 Å². The summed E-state index contributed by atoms with van der Waals surface area (Å²) in [5.41, 5.74) is 0.703. The smallest absolute Gasteiger partial charge is 0.343 e. The molecule has 0 atom stereocenters. The summed E-state index contributed by atoms with van der Waals surface area (Å²) in [6, 6.07) is 15.1. The van der Waals surface area contributed by atoms with Gasteiger partial charge in [0.15, 0.2) is 0 Å². The summed E-state index contributed by atoms with van der Waals surface area (Å²) in [6.07, 6.45) is -3.16. The Hall–Kier alpha value is -3.59. The van der Waals surface area contributed by atoms with E-state index in [9.17, 15) is 27.6 Å². The first-order chi connectivity index (χ1) is 15.1. The number of carbonyl (C=O) groups is 2. The Morgan fingerprint density at radius 1 is 0.938 bits per heavy atom. The molecule has 166 valence electrons. The van der Waals surface area contributed by atoms with Crippen LogP contribution in [0.5, 0.6) is 0 Å². The number of halogens is 4. The normalized spacial score (nSPS) is 11.1. The first kappa shape index (κ1) is 23.1. The van der Waals surface area contributed by atoms with Gasteiger partial charge in [-0.3, -0.25) is 14.4 Å². The highest BCUT2D eigenvalue weighted by atomic mass is 35.5. The van der Waals surface area contributed by atoms with Crippen molar-refractivity contribution in [2.45, 2.75) is 12.7 Å². The predicted octanol–water partition coefficient (Wildman–Crippen LogP) is 4.09. The number of hydrogen-bond acceptors (Lipinski definition) is 3. The molecule has 2 aromatic carbocycles. The molecule has 0 unspecified atom stereocenters. The highest BCUT2D eigenvalue weighted by molar-refractivity contribution is 6.31. The van der Waals surface area contributed by atoms with E-state index in [1.807, 2.05) is 0 Å². The summed E-state index contributed by atoms with van der Waals surface area (Å²) in [5.74, 6) is -1.49. The zero-order valence-corrected chi connectivity index (χ0v) is 17.2. The number of pyridine rings is 1. The fourth-order valence-electron chi connectivity index (χ4n) is 2.82. The van der Waals surface area contributed by atoms with Crippen molar-refractivity contribution in [1.29, 1.82) is 0 Å². The molecule has 0 fully saturated rings. The van der Waals surface area contributed by atoms with Gasteiger partial charge in [-0.05, 0) is 35.9 Å². The largest absolute Gasteiger partial charge is 0.405 e. The van der Waals surface area contributed by atoms with Gasteiger partial charge in [-0.25, -0.2) is 0 Å². The molecule has 0 aliphatic heterocycles. The second-order valence-corrected chi connectivity index (χ2v) is 7.22. The van der Waals surface area contributed by atoms with E-state index in [4.69, 9.17) is 11.6 Å². The van der Waals surface area contributed by atoms with Crippen LogP contribution in [0.25, 0.3) is 0 Å². The Kier molecular flexibility index (Phi) is 6.99. The lowest BCUT2D eigenvalue weighted by atomic mass is 10.1. The van der Waals surface area contributed by atoms with Gasteiger partial charge >= 0.3 is 6.18 Å². The molecule has 2 N–H and O–H groups in total. The van der Waals surface area contributed by atoms with Gasteiger partial charge in [0, 0.05) is 28.5 Å². The molecule has 0 bridgehead atoms. The molecule has 32 heavy (non-hydrogen) atoms. The van der Waals surface area contributed by atoms with E-state index in [2.05, 4.69) is 5.32 Å². The molecule has 0 radical (unpaired) electrons. The molecule has 2 amide bonds. The minimum atomic E-state index is -4.53. The number of anilines is 1. The maximum Gasteiger partial charge on any atom is 0.405 e. The van der Waals surface area contributed by atoms with Crippen LogP contribution in [0.2, 0.25) is 5.02 Å². The number of hydrogen-bond donors (Lipinski definition) is 2. The molecular weight excluding hydrogens is 447 g/mol. The Balaban J connectivity index is 1.74. The second-order valence-electron chi connectivity index (χ2n) is 6.81. The molecule has 6 nitrogen and oxygen atoms in total. The molecule has 3 rings (SSSR count). The van der Waals surface area contributed by atoms with E-state index in [1.54, 1.807) is 29.6 Å². The predicted molar refractivity (Wildman–Crippen MR) is 114 cm³/mol. The van der Waals surface area contributed by atoms with Gasteiger partial charge < -0.3 is 15.2 Å². The molecule has 10 heteroatoms. The molecule has 0 saturated heterocycles. The summed E-state index contributed by atoms with van der Waals surface area (Å²) in [7, 11) is 0. The van der Waals surface area contributed by atoms with Crippen LogP contribution in [-0.4, -0.2) is 29.1 Å². The van der Waals surface area contributed by atoms with Gasteiger partial charge in [-0.1, -0.05) is 35.9 Å². The number of amides is 2. The number of carbonyl (C=O) groups excluding carboxylic acids is 2. The average Bonchev–Trinajstić information content (AvgIpc) is 2.74. The van der Waals surface area contributed by atoms with E-state index in [1.165, 1.54) is 47.2 Å². The van der Waals surface area contributed by atoms with Crippen molar-refractivity contribution < 1.29 is 22.8 Å². The lowest BCUT2D eigenvalue weighted by Gasteiger charge is -2.11. The fourth-order valence-corrected chi connectivity index (χ4v) is 3.02. The zero-order valence-electron chi connectivity index (χ0n) is 16.4.